The Labute approximate surface area is 261 Å². The summed E-state index contributed by atoms with van der Waals surface area (Å²) in [5.74, 6) is 0.458. The number of aliphatic hydroxyl groups is 1. The number of aromatic nitrogens is 3. The first-order valence-corrected chi connectivity index (χ1v) is 15.2. The van der Waals surface area contributed by atoms with E-state index in [0.29, 0.717) is 23.4 Å². The standard InChI is InChI=1S/C32H37FN8O4/c1-20-13-24(4-5-27(20)40-11-9-39(10-12-40)25-17-44-18-25)37-32-36-19-35-30(38-32)22-3-6-28(23(14-22)15-34)45-29-7-8-41(16-26(29)33)31(43)21(2)42/h3-6,13-14,19,21,25-26,29,42H,7-12,16-18H2,1-2H3,(H,35,36,37,38)/t21?,26-,29+/m1/s1. The van der Waals surface area contributed by atoms with Gasteiger partial charge in [0.2, 0.25) is 5.95 Å². The number of aryl methyl sites for hydroxylation is 1. The molecular formula is C32H37FN8O4. The highest BCUT2D eigenvalue weighted by atomic mass is 19.1. The van der Waals surface area contributed by atoms with E-state index >= 15 is 0 Å². The molecule has 1 unspecified atom stereocenters. The number of halogens is 1. The van der Waals surface area contributed by atoms with E-state index in [9.17, 15) is 19.6 Å². The van der Waals surface area contributed by atoms with Crippen molar-refractivity contribution in [2.24, 2.45) is 0 Å². The van der Waals surface area contributed by atoms with Gasteiger partial charge in [0.1, 0.15) is 30.4 Å². The number of nitriles is 1. The first kappa shape index (κ1) is 30.6. The van der Waals surface area contributed by atoms with E-state index < -0.39 is 24.3 Å². The van der Waals surface area contributed by atoms with E-state index in [1.54, 1.807) is 18.2 Å². The molecule has 13 heteroatoms. The van der Waals surface area contributed by atoms with Crippen molar-refractivity contribution >= 4 is 23.2 Å². The molecule has 0 radical (unpaired) electrons. The van der Waals surface area contributed by atoms with Crippen LogP contribution in [0.3, 0.4) is 0 Å². The van der Waals surface area contributed by atoms with Crippen molar-refractivity contribution in [1.82, 2.24) is 24.8 Å². The van der Waals surface area contributed by atoms with Crippen LogP contribution in [0.15, 0.2) is 42.7 Å². The molecule has 0 spiro atoms. The third-order valence-corrected chi connectivity index (χ3v) is 8.60. The van der Waals surface area contributed by atoms with Crippen LogP contribution in [-0.2, 0) is 9.53 Å². The average molecular weight is 617 g/mol. The Morgan fingerprint density at radius 1 is 1.16 bits per heavy atom. The molecule has 2 aromatic carbocycles. The Morgan fingerprint density at radius 3 is 2.62 bits per heavy atom. The number of anilines is 3. The number of piperidine rings is 1. The Balaban J connectivity index is 1.09. The van der Waals surface area contributed by atoms with Crippen molar-refractivity contribution in [1.29, 1.82) is 5.26 Å². The smallest absolute Gasteiger partial charge is 0.251 e. The van der Waals surface area contributed by atoms with Crippen LogP contribution in [0.2, 0.25) is 0 Å². The first-order chi connectivity index (χ1) is 21.8. The summed E-state index contributed by atoms with van der Waals surface area (Å²) in [6.45, 7) is 9.25. The summed E-state index contributed by atoms with van der Waals surface area (Å²) in [7, 11) is 0. The second kappa shape index (κ2) is 13.3. The molecule has 4 heterocycles. The van der Waals surface area contributed by atoms with E-state index in [1.807, 2.05) is 6.07 Å². The fourth-order valence-electron chi connectivity index (χ4n) is 5.98. The summed E-state index contributed by atoms with van der Waals surface area (Å²) in [5, 5.41) is 22.6. The number of aliphatic hydroxyl groups excluding tert-OH is 1. The lowest BCUT2D eigenvalue weighted by Gasteiger charge is -2.43. The molecular weight excluding hydrogens is 579 g/mol. The molecule has 3 fully saturated rings. The second-order valence-corrected chi connectivity index (χ2v) is 11.7. The molecule has 236 valence electrons. The zero-order valence-electron chi connectivity index (χ0n) is 25.4. The summed E-state index contributed by atoms with van der Waals surface area (Å²) < 4.78 is 26.1. The van der Waals surface area contributed by atoms with Gasteiger partial charge in [0.05, 0.1) is 31.4 Å². The van der Waals surface area contributed by atoms with Crippen LogP contribution in [0.4, 0.5) is 21.7 Å². The molecule has 0 saturated carbocycles. The zero-order valence-corrected chi connectivity index (χ0v) is 25.4. The van der Waals surface area contributed by atoms with Crippen molar-refractivity contribution in [3.63, 3.8) is 0 Å². The van der Waals surface area contributed by atoms with E-state index in [4.69, 9.17) is 9.47 Å². The minimum absolute atomic E-state index is 0.176. The maximum Gasteiger partial charge on any atom is 0.251 e. The number of carbonyl (C=O) groups excluding carboxylic acids is 1. The van der Waals surface area contributed by atoms with Crippen LogP contribution >= 0.6 is 0 Å². The molecule has 3 atom stereocenters. The molecule has 0 bridgehead atoms. The molecule has 12 nitrogen and oxygen atoms in total. The third-order valence-electron chi connectivity index (χ3n) is 8.60. The van der Waals surface area contributed by atoms with Gasteiger partial charge < -0.3 is 29.7 Å². The summed E-state index contributed by atoms with van der Waals surface area (Å²) in [4.78, 5) is 31.4. The average Bonchev–Trinajstić information content (AvgIpc) is 3.01. The van der Waals surface area contributed by atoms with Crippen LogP contribution in [0.25, 0.3) is 11.4 Å². The number of ether oxygens (including phenoxy) is 2. The number of rotatable bonds is 8. The second-order valence-electron chi connectivity index (χ2n) is 11.7. The zero-order chi connectivity index (χ0) is 31.5. The Hall–Kier alpha value is -4.38. The van der Waals surface area contributed by atoms with E-state index in [0.717, 1.165) is 50.6 Å². The van der Waals surface area contributed by atoms with Crippen LogP contribution in [0.5, 0.6) is 5.75 Å². The van der Waals surface area contributed by atoms with Crippen LogP contribution < -0.4 is 15.0 Å². The van der Waals surface area contributed by atoms with Gasteiger partial charge in [0.25, 0.3) is 5.91 Å². The lowest BCUT2D eigenvalue weighted by molar-refractivity contribution is -0.143. The quantitative estimate of drug-likeness (QED) is 0.386. The number of piperazine rings is 1. The predicted octanol–water partition coefficient (Wildman–Crippen LogP) is 2.68. The summed E-state index contributed by atoms with van der Waals surface area (Å²) in [5.41, 5.74) is 4.01. The van der Waals surface area contributed by atoms with Crippen molar-refractivity contribution in [3.8, 4) is 23.2 Å². The Bertz CT molecular complexity index is 1570. The number of hydrogen-bond acceptors (Lipinski definition) is 11. The van der Waals surface area contributed by atoms with E-state index in [-0.39, 0.29) is 30.8 Å². The molecule has 1 aromatic heterocycles. The summed E-state index contributed by atoms with van der Waals surface area (Å²) >= 11 is 0. The number of likely N-dealkylation sites (tertiary alicyclic amines) is 1. The van der Waals surface area contributed by atoms with Crippen molar-refractivity contribution in [2.75, 3.05) is 62.7 Å². The number of nitrogens with zero attached hydrogens (tertiary/aromatic N) is 7. The lowest BCUT2D eigenvalue weighted by atomic mass is 10.0. The molecule has 1 amide bonds. The van der Waals surface area contributed by atoms with Crippen molar-refractivity contribution in [3.05, 3.63) is 53.9 Å². The van der Waals surface area contributed by atoms with Gasteiger partial charge in [-0.2, -0.15) is 10.2 Å². The fourth-order valence-corrected chi connectivity index (χ4v) is 5.98. The van der Waals surface area contributed by atoms with Gasteiger partial charge in [-0.15, -0.1) is 0 Å². The monoisotopic (exact) mass is 616 g/mol. The van der Waals surface area contributed by atoms with Crippen molar-refractivity contribution in [2.45, 2.75) is 44.7 Å². The summed E-state index contributed by atoms with van der Waals surface area (Å²) in [6, 6.07) is 13.8. The SMILES string of the molecule is Cc1cc(Nc2ncnc(-c3ccc(O[C@H]4CCN(C(=O)C(C)O)C[C@H]4F)c(C#N)c3)n2)ccc1N1CCN(C2COC2)CC1. The van der Waals surface area contributed by atoms with Gasteiger partial charge in [-0.25, -0.2) is 14.4 Å². The first-order valence-electron chi connectivity index (χ1n) is 15.2. The Kier molecular flexibility index (Phi) is 9.07. The number of hydrogen-bond donors (Lipinski definition) is 2. The van der Waals surface area contributed by atoms with Gasteiger partial charge in [0, 0.05) is 56.1 Å². The molecule has 45 heavy (non-hydrogen) atoms. The molecule has 3 aliphatic rings. The lowest BCUT2D eigenvalue weighted by Crippen LogP contribution is -2.56. The van der Waals surface area contributed by atoms with E-state index in [2.05, 4.69) is 55.2 Å². The molecule has 2 N–H and O–H groups in total. The highest BCUT2D eigenvalue weighted by Crippen LogP contribution is 2.30. The molecule has 3 saturated heterocycles. The minimum Gasteiger partial charge on any atom is -0.486 e. The van der Waals surface area contributed by atoms with Crippen LogP contribution in [-0.4, -0.2) is 113 Å². The number of benzene rings is 2. The topological polar surface area (TPSA) is 140 Å². The maximum atomic E-state index is 14.9. The molecule has 0 aliphatic carbocycles. The van der Waals surface area contributed by atoms with Gasteiger partial charge in [-0.3, -0.25) is 9.69 Å². The van der Waals surface area contributed by atoms with Crippen LogP contribution in [0.1, 0.15) is 24.5 Å². The fraction of sp³-hybridized carbons (Fsp3) is 0.469. The van der Waals surface area contributed by atoms with Crippen LogP contribution in [0, 0.1) is 18.3 Å². The van der Waals surface area contributed by atoms with Crippen molar-refractivity contribution < 1.29 is 23.8 Å². The molecule has 6 rings (SSSR count). The third kappa shape index (κ3) is 6.83. The van der Waals surface area contributed by atoms with E-state index in [1.165, 1.54) is 23.8 Å². The number of alkyl halides is 1. The number of nitrogens with one attached hydrogen (secondary N) is 1. The number of carbonyl (C=O) groups is 1. The van der Waals surface area contributed by atoms with Gasteiger partial charge in [-0.1, -0.05) is 0 Å². The van der Waals surface area contributed by atoms with Gasteiger partial charge in [-0.05, 0) is 55.8 Å². The largest absolute Gasteiger partial charge is 0.486 e. The molecule has 3 aliphatic heterocycles. The van der Waals surface area contributed by atoms with Gasteiger partial charge in [0.15, 0.2) is 12.0 Å². The highest BCUT2D eigenvalue weighted by Gasteiger charge is 2.34. The highest BCUT2D eigenvalue weighted by molar-refractivity contribution is 5.80. The molecule has 3 aromatic rings. The predicted molar refractivity (Wildman–Crippen MR) is 165 cm³/mol. The number of amides is 1. The van der Waals surface area contributed by atoms with Gasteiger partial charge >= 0.3 is 0 Å². The summed E-state index contributed by atoms with van der Waals surface area (Å²) in [6.07, 6.45) is -1.82. The normalized spacial score (nSPS) is 21.5. The minimum atomic E-state index is -1.46. The Morgan fingerprint density at radius 2 is 1.96 bits per heavy atom. The maximum absolute atomic E-state index is 14.9.